The second-order valence-corrected chi connectivity index (χ2v) is 6.99. The molecule has 0 fully saturated rings. The first-order valence-corrected chi connectivity index (χ1v) is 8.93. The zero-order valence-corrected chi connectivity index (χ0v) is 14.8. The molecule has 7 heteroatoms. The molecule has 0 aliphatic carbocycles. The van der Waals surface area contributed by atoms with Crippen LogP contribution in [0.4, 0.5) is 9.52 Å². The van der Waals surface area contributed by atoms with Crippen LogP contribution in [0.1, 0.15) is 21.0 Å². The highest BCUT2D eigenvalue weighted by atomic mass is 32.1. The number of halogens is 1. The standard InChI is InChI=1S/C20H13FN2O3S/c21-14-7-5-12(6-8-14)9-15-11-22-20(27-15)23-18(24)17-10-13-3-1-2-4-16(13)19(25)26-17/h1-8,10-11H,9H2,(H,22,23,24). The second kappa shape index (κ2) is 7.13. The van der Waals surface area contributed by atoms with Crippen LogP contribution < -0.4 is 10.9 Å². The molecule has 0 radical (unpaired) electrons. The van der Waals surface area contributed by atoms with Gasteiger partial charge in [-0.05, 0) is 35.2 Å². The highest BCUT2D eigenvalue weighted by Crippen LogP contribution is 2.22. The quantitative estimate of drug-likeness (QED) is 0.575. The van der Waals surface area contributed by atoms with E-state index >= 15 is 0 Å². The highest BCUT2D eigenvalue weighted by molar-refractivity contribution is 7.15. The van der Waals surface area contributed by atoms with Crippen LogP contribution in [0.3, 0.4) is 0 Å². The van der Waals surface area contributed by atoms with Crippen molar-refractivity contribution in [3.8, 4) is 0 Å². The van der Waals surface area contributed by atoms with Crippen LogP contribution in [-0.2, 0) is 6.42 Å². The summed E-state index contributed by atoms with van der Waals surface area (Å²) in [6.45, 7) is 0. The number of thiazole rings is 1. The summed E-state index contributed by atoms with van der Waals surface area (Å²) in [4.78, 5) is 29.5. The van der Waals surface area contributed by atoms with Crippen molar-refractivity contribution >= 4 is 33.1 Å². The van der Waals surface area contributed by atoms with Crippen LogP contribution >= 0.6 is 11.3 Å². The molecule has 1 amide bonds. The van der Waals surface area contributed by atoms with Gasteiger partial charge < -0.3 is 4.42 Å². The van der Waals surface area contributed by atoms with Crippen molar-refractivity contribution in [3.05, 3.63) is 93.2 Å². The molecule has 2 heterocycles. The van der Waals surface area contributed by atoms with E-state index in [0.29, 0.717) is 22.3 Å². The van der Waals surface area contributed by atoms with E-state index in [0.717, 1.165) is 10.4 Å². The molecule has 5 nitrogen and oxygen atoms in total. The maximum atomic E-state index is 13.0. The molecule has 0 atom stereocenters. The molecule has 134 valence electrons. The van der Waals surface area contributed by atoms with Gasteiger partial charge in [-0.15, -0.1) is 11.3 Å². The zero-order valence-electron chi connectivity index (χ0n) is 13.9. The van der Waals surface area contributed by atoms with Crippen molar-refractivity contribution in [3.63, 3.8) is 0 Å². The molecule has 1 N–H and O–H groups in total. The van der Waals surface area contributed by atoms with E-state index in [9.17, 15) is 14.0 Å². The normalized spacial score (nSPS) is 10.9. The molecule has 2 aromatic carbocycles. The highest BCUT2D eigenvalue weighted by Gasteiger charge is 2.14. The first-order valence-electron chi connectivity index (χ1n) is 8.12. The van der Waals surface area contributed by atoms with Gasteiger partial charge >= 0.3 is 5.63 Å². The fourth-order valence-corrected chi connectivity index (χ4v) is 3.50. The molecule has 0 aliphatic rings. The lowest BCUT2D eigenvalue weighted by atomic mass is 10.1. The number of carbonyl (C=O) groups is 1. The minimum Gasteiger partial charge on any atom is -0.417 e. The van der Waals surface area contributed by atoms with Gasteiger partial charge in [0.05, 0.1) is 5.39 Å². The molecule has 0 unspecified atom stereocenters. The van der Waals surface area contributed by atoms with Crippen molar-refractivity contribution in [1.82, 2.24) is 4.98 Å². The van der Waals surface area contributed by atoms with Gasteiger partial charge in [0.1, 0.15) is 5.82 Å². The summed E-state index contributed by atoms with van der Waals surface area (Å²) in [7, 11) is 0. The van der Waals surface area contributed by atoms with Gasteiger partial charge in [-0.25, -0.2) is 14.2 Å². The van der Waals surface area contributed by atoms with E-state index in [1.807, 2.05) is 0 Å². The predicted molar refractivity (Wildman–Crippen MR) is 102 cm³/mol. The van der Waals surface area contributed by atoms with Crippen LogP contribution in [0.15, 0.2) is 70.0 Å². The zero-order chi connectivity index (χ0) is 18.8. The Bertz CT molecular complexity index is 1180. The maximum Gasteiger partial charge on any atom is 0.344 e. The fraction of sp³-hybridized carbons (Fsp3) is 0.0500. The SMILES string of the molecule is O=C(Nc1ncc(Cc2ccc(F)cc2)s1)c1cc2ccccc2c(=O)o1. The Morgan fingerprint density at radius 3 is 2.74 bits per heavy atom. The Balaban J connectivity index is 1.51. The van der Waals surface area contributed by atoms with Gasteiger partial charge in [0.25, 0.3) is 5.91 Å². The van der Waals surface area contributed by atoms with E-state index < -0.39 is 11.5 Å². The van der Waals surface area contributed by atoms with Crippen molar-refractivity contribution in [2.24, 2.45) is 0 Å². The largest absolute Gasteiger partial charge is 0.417 e. The summed E-state index contributed by atoms with van der Waals surface area (Å²) < 4.78 is 18.1. The average molecular weight is 380 g/mol. The first-order chi connectivity index (χ1) is 13.1. The van der Waals surface area contributed by atoms with E-state index in [4.69, 9.17) is 4.42 Å². The summed E-state index contributed by atoms with van der Waals surface area (Å²) in [5.41, 5.74) is 0.382. The van der Waals surface area contributed by atoms with Gasteiger partial charge in [0.2, 0.25) is 0 Å². The number of carbonyl (C=O) groups excluding carboxylic acids is 1. The van der Waals surface area contributed by atoms with Crippen LogP contribution in [-0.4, -0.2) is 10.9 Å². The number of amides is 1. The molecule has 27 heavy (non-hydrogen) atoms. The van der Waals surface area contributed by atoms with Crippen molar-refractivity contribution < 1.29 is 13.6 Å². The van der Waals surface area contributed by atoms with Gasteiger partial charge in [-0.3, -0.25) is 10.1 Å². The Hall–Kier alpha value is -3.32. The Kier molecular flexibility index (Phi) is 4.52. The number of nitrogens with one attached hydrogen (secondary N) is 1. The number of hydrogen-bond acceptors (Lipinski definition) is 5. The minimum atomic E-state index is -0.561. The summed E-state index contributed by atoms with van der Waals surface area (Å²) in [6.07, 6.45) is 2.24. The first kappa shape index (κ1) is 17.1. The molecular formula is C20H13FN2O3S. The van der Waals surface area contributed by atoms with Crippen LogP contribution in [0, 0.1) is 5.82 Å². The average Bonchev–Trinajstić information content (AvgIpc) is 3.10. The second-order valence-electron chi connectivity index (χ2n) is 5.87. The number of hydrogen-bond donors (Lipinski definition) is 1. The molecule has 0 saturated heterocycles. The Morgan fingerprint density at radius 1 is 1.15 bits per heavy atom. The third kappa shape index (κ3) is 3.78. The lowest BCUT2D eigenvalue weighted by Crippen LogP contribution is -2.14. The fourth-order valence-electron chi connectivity index (χ4n) is 2.66. The maximum absolute atomic E-state index is 13.0. The van der Waals surface area contributed by atoms with E-state index in [-0.39, 0.29) is 11.6 Å². The molecule has 4 aromatic rings. The topological polar surface area (TPSA) is 72.2 Å². The molecule has 0 bridgehead atoms. The number of nitrogens with zero attached hydrogens (tertiary/aromatic N) is 1. The van der Waals surface area contributed by atoms with Crippen molar-refractivity contribution in [2.75, 3.05) is 5.32 Å². The summed E-state index contributed by atoms with van der Waals surface area (Å²) in [5.74, 6) is -0.901. The van der Waals surface area contributed by atoms with Crippen molar-refractivity contribution in [1.29, 1.82) is 0 Å². The number of anilines is 1. The van der Waals surface area contributed by atoms with E-state index in [1.54, 1.807) is 42.6 Å². The van der Waals surface area contributed by atoms with E-state index in [1.165, 1.54) is 29.5 Å². The predicted octanol–water partition coefficient (Wildman–Crippen LogP) is 4.23. The van der Waals surface area contributed by atoms with Gasteiger partial charge in [0, 0.05) is 17.5 Å². The van der Waals surface area contributed by atoms with Crippen LogP contribution in [0.25, 0.3) is 10.8 Å². The minimum absolute atomic E-state index is 0.0750. The third-order valence-corrected chi connectivity index (χ3v) is 4.87. The molecule has 0 aliphatic heterocycles. The summed E-state index contributed by atoms with van der Waals surface area (Å²) >= 11 is 1.31. The summed E-state index contributed by atoms with van der Waals surface area (Å²) in [6, 6.07) is 14.6. The third-order valence-electron chi connectivity index (χ3n) is 3.96. The smallest absolute Gasteiger partial charge is 0.344 e. The monoisotopic (exact) mass is 380 g/mol. The van der Waals surface area contributed by atoms with Crippen LogP contribution in [0.5, 0.6) is 0 Å². The lowest BCUT2D eigenvalue weighted by molar-refractivity contribution is 0.0993. The number of aromatic nitrogens is 1. The van der Waals surface area contributed by atoms with E-state index in [2.05, 4.69) is 10.3 Å². The van der Waals surface area contributed by atoms with Gasteiger partial charge in [-0.1, -0.05) is 30.3 Å². The van der Waals surface area contributed by atoms with Gasteiger partial charge in [0.15, 0.2) is 10.9 Å². The molecular weight excluding hydrogens is 367 g/mol. The molecule has 0 spiro atoms. The summed E-state index contributed by atoms with van der Waals surface area (Å²) in [5, 5.41) is 4.09. The van der Waals surface area contributed by atoms with Crippen molar-refractivity contribution in [2.45, 2.75) is 6.42 Å². The molecule has 0 saturated carbocycles. The number of benzene rings is 2. The molecule has 4 rings (SSSR count). The molecule has 2 aromatic heterocycles. The Labute approximate surface area is 157 Å². The lowest BCUT2D eigenvalue weighted by Gasteiger charge is -2.02. The number of fused-ring (bicyclic) bond motifs is 1. The van der Waals surface area contributed by atoms with Crippen LogP contribution in [0.2, 0.25) is 0 Å². The van der Waals surface area contributed by atoms with Gasteiger partial charge in [-0.2, -0.15) is 0 Å². The number of rotatable bonds is 4. The Morgan fingerprint density at radius 2 is 1.93 bits per heavy atom.